The Kier molecular flexibility index (Phi) is 3.57. The maximum atomic E-state index is 11.5. The van der Waals surface area contributed by atoms with E-state index in [1.165, 1.54) is 0 Å². The number of carbonyl (C=O) groups excluding carboxylic acids is 1. The van der Waals surface area contributed by atoms with E-state index in [1.807, 2.05) is 19.9 Å². The van der Waals surface area contributed by atoms with Gasteiger partial charge >= 0.3 is 6.03 Å². The van der Waals surface area contributed by atoms with Gasteiger partial charge in [-0.25, -0.2) is 4.79 Å². The minimum absolute atomic E-state index is 0.158. The zero-order chi connectivity index (χ0) is 12.5. The van der Waals surface area contributed by atoms with Crippen molar-refractivity contribution in [1.29, 1.82) is 0 Å². The van der Waals surface area contributed by atoms with Crippen LogP contribution in [0.25, 0.3) is 0 Å². The van der Waals surface area contributed by atoms with E-state index >= 15 is 0 Å². The van der Waals surface area contributed by atoms with Gasteiger partial charge in [-0.15, -0.1) is 4.43 Å². The molecule has 1 aliphatic heterocycles. The normalized spacial score (nSPS) is 21.5. The number of fused-ring (bicyclic) bond motifs is 1. The van der Waals surface area contributed by atoms with Crippen molar-refractivity contribution in [2.45, 2.75) is 23.7 Å². The van der Waals surface area contributed by atoms with Crippen LogP contribution >= 0.6 is 11.8 Å². The zero-order valence-electron chi connectivity index (χ0n) is 9.83. The van der Waals surface area contributed by atoms with Gasteiger partial charge in [0.05, 0.1) is 0 Å². The maximum absolute atomic E-state index is 11.5. The van der Waals surface area contributed by atoms with E-state index < -0.39 is 4.99 Å². The molecule has 2 amide bonds. The van der Waals surface area contributed by atoms with Crippen LogP contribution < -0.4 is 20.4 Å². The Hall–Kier alpha value is -0.828. The fraction of sp³-hybridized carbons (Fsp3) is 0.364. The van der Waals surface area contributed by atoms with Crippen LogP contribution in [-0.2, 0) is 0 Å². The maximum Gasteiger partial charge on any atom is 0.317 e. The Balaban J connectivity index is 2.10. The first-order valence-electron chi connectivity index (χ1n) is 5.45. The molecule has 1 aromatic rings. The van der Waals surface area contributed by atoms with Crippen LogP contribution in [0.3, 0.4) is 0 Å². The average molecular weight is 263 g/mol. The smallest absolute Gasteiger partial charge is 0.317 e. The summed E-state index contributed by atoms with van der Waals surface area (Å²) in [5.74, 6) is 0. The third-order valence-electron chi connectivity index (χ3n) is 2.38. The summed E-state index contributed by atoms with van der Waals surface area (Å²) >= 11 is 4.27. The summed E-state index contributed by atoms with van der Waals surface area (Å²) in [4.78, 5) is 12.2. The van der Waals surface area contributed by atoms with Crippen LogP contribution in [0.15, 0.2) is 23.1 Å². The van der Waals surface area contributed by atoms with Crippen LogP contribution in [0.5, 0.6) is 0 Å². The fourth-order valence-electron chi connectivity index (χ4n) is 1.71. The van der Waals surface area contributed by atoms with E-state index in [-0.39, 0.29) is 6.03 Å². The number of anilines is 1. The third kappa shape index (κ3) is 2.89. The highest BCUT2D eigenvalue weighted by molar-refractivity contribution is 8.01. The van der Waals surface area contributed by atoms with Gasteiger partial charge in [0.15, 0.2) is 21.3 Å². The minimum atomic E-state index is -0.486. The van der Waals surface area contributed by atoms with Gasteiger partial charge < -0.3 is 16.0 Å². The average Bonchev–Trinajstić information content (AvgIpc) is 2.53. The highest BCUT2D eigenvalue weighted by Gasteiger charge is 2.34. The van der Waals surface area contributed by atoms with Crippen molar-refractivity contribution >= 4 is 44.2 Å². The quantitative estimate of drug-likeness (QED) is 0.698. The largest absolute Gasteiger partial charge is 0.353 e. The summed E-state index contributed by atoms with van der Waals surface area (Å²) < 4.78 is 1.12. The molecular formula is C11H14AlN3OS. The van der Waals surface area contributed by atoms with Crippen molar-refractivity contribution in [3.63, 3.8) is 0 Å². The lowest BCUT2D eigenvalue weighted by Gasteiger charge is -2.25. The first-order chi connectivity index (χ1) is 8.02. The van der Waals surface area contributed by atoms with E-state index in [0.717, 1.165) is 15.0 Å². The Morgan fingerprint density at radius 1 is 1.59 bits per heavy atom. The molecule has 0 saturated heterocycles. The summed E-state index contributed by atoms with van der Waals surface area (Å²) in [6.45, 7) is 4.47. The molecule has 4 nitrogen and oxygen atoms in total. The van der Waals surface area contributed by atoms with Crippen LogP contribution in [0.1, 0.15) is 13.8 Å². The lowest BCUT2D eigenvalue weighted by atomic mass is 10.3. The number of hydrogen-bond donors (Lipinski definition) is 3. The van der Waals surface area contributed by atoms with Crippen molar-refractivity contribution in [3.8, 4) is 0 Å². The lowest BCUT2D eigenvalue weighted by Crippen LogP contribution is -2.51. The van der Waals surface area contributed by atoms with Crippen LogP contribution in [0.4, 0.5) is 10.5 Å². The van der Waals surface area contributed by atoms with E-state index in [2.05, 4.69) is 44.4 Å². The summed E-state index contributed by atoms with van der Waals surface area (Å²) in [7, 11) is 0. The molecule has 1 aliphatic rings. The van der Waals surface area contributed by atoms with Gasteiger partial charge in [-0.2, -0.15) is 0 Å². The number of nitrogens with one attached hydrogen (secondary N) is 3. The summed E-state index contributed by atoms with van der Waals surface area (Å²) in [6.07, 6.45) is 0. The highest BCUT2D eigenvalue weighted by atomic mass is 32.2. The van der Waals surface area contributed by atoms with Gasteiger partial charge in [0.2, 0.25) is 0 Å². The van der Waals surface area contributed by atoms with Gasteiger partial charge in [0, 0.05) is 17.1 Å². The third-order valence-corrected chi connectivity index (χ3v) is 3.93. The van der Waals surface area contributed by atoms with Crippen molar-refractivity contribution in [3.05, 3.63) is 18.2 Å². The first-order valence-corrected chi connectivity index (χ1v) is 6.84. The number of amides is 2. The molecule has 0 bridgehead atoms. The van der Waals surface area contributed by atoms with Crippen LogP contribution in [0.2, 0.25) is 0 Å². The molecule has 88 valence electrons. The van der Waals surface area contributed by atoms with Crippen molar-refractivity contribution < 1.29 is 4.79 Å². The Morgan fingerprint density at radius 2 is 2.35 bits per heavy atom. The molecule has 3 N–H and O–H groups in total. The second kappa shape index (κ2) is 4.81. The number of benzene rings is 1. The molecule has 1 heterocycles. The standard InChI is InChI=1S/C11H14N3OS.Al/c1-3-12-10(15)14-11(2)13-8-6-4-5-7-9(8)16-11;/h5-7,13H,3H2,1-2H3,(H2,12,14,15);. The first kappa shape index (κ1) is 12.6. The molecule has 0 aromatic heterocycles. The number of rotatable bonds is 2. The van der Waals surface area contributed by atoms with Crippen molar-refractivity contribution in [1.82, 2.24) is 10.6 Å². The number of carbonyl (C=O) groups is 1. The van der Waals surface area contributed by atoms with Gasteiger partial charge in [-0.1, -0.05) is 23.9 Å². The highest BCUT2D eigenvalue weighted by Crippen LogP contribution is 2.42. The second-order valence-corrected chi connectivity index (χ2v) is 6.13. The predicted molar refractivity (Wildman–Crippen MR) is 71.9 cm³/mol. The Bertz CT molecular complexity index is 454. The molecule has 2 rings (SSSR count). The minimum Gasteiger partial charge on any atom is -0.353 e. The van der Waals surface area contributed by atoms with Gasteiger partial charge in [-0.3, -0.25) is 0 Å². The topological polar surface area (TPSA) is 53.2 Å². The van der Waals surface area contributed by atoms with Crippen LogP contribution in [0, 0.1) is 0 Å². The molecule has 2 radical (unpaired) electrons. The SMILES string of the molecule is CCNC(=O)NC1(C)Nc2c[c]([Al])ccc2S1. The lowest BCUT2D eigenvalue weighted by molar-refractivity contribution is 0.238. The predicted octanol–water partition coefficient (Wildman–Crippen LogP) is 0.991. The summed E-state index contributed by atoms with van der Waals surface area (Å²) in [6, 6.07) is 5.99. The Morgan fingerprint density at radius 3 is 3.06 bits per heavy atom. The van der Waals surface area contributed by atoms with E-state index in [0.29, 0.717) is 6.54 Å². The fourth-order valence-corrected chi connectivity index (χ4v) is 3.08. The summed E-state index contributed by atoms with van der Waals surface area (Å²) in [5, 5.41) is 8.96. The van der Waals surface area contributed by atoms with Crippen molar-refractivity contribution in [2.75, 3.05) is 11.9 Å². The summed E-state index contributed by atoms with van der Waals surface area (Å²) in [5.41, 5.74) is 1.06. The van der Waals surface area contributed by atoms with Crippen molar-refractivity contribution in [2.24, 2.45) is 0 Å². The van der Waals surface area contributed by atoms with Crippen LogP contribution in [-0.4, -0.2) is 33.9 Å². The zero-order valence-corrected chi connectivity index (χ0v) is 11.8. The molecular weight excluding hydrogens is 249 g/mol. The molecule has 17 heavy (non-hydrogen) atoms. The number of thioether (sulfide) groups is 1. The molecule has 0 fully saturated rings. The van der Waals surface area contributed by atoms with Gasteiger partial charge in [0.1, 0.15) is 0 Å². The van der Waals surface area contributed by atoms with E-state index in [9.17, 15) is 4.79 Å². The molecule has 1 unspecified atom stereocenters. The molecule has 0 aliphatic carbocycles. The number of hydrogen-bond acceptors (Lipinski definition) is 3. The monoisotopic (exact) mass is 263 g/mol. The Labute approximate surface area is 113 Å². The van der Waals surface area contributed by atoms with E-state index in [4.69, 9.17) is 0 Å². The van der Waals surface area contributed by atoms with E-state index in [1.54, 1.807) is 11.8 Å². The molecule has 0 saturated carbocycles. The molecule has 1 aromatic carbocycles. The molecule has 0 spiro atoms. The second-order valence-electron chi connectivity index (χ2n) is 4.00. The number of urea groups is 1. The van der Waals surface area contributed by atoms with Gasteiger partial charge in [0.25, 0.3) is 0 Å². The molecule has 1 atom stereocenters. The molecule has 6 heteroatoms. The van der Waals surface area contributed by atoms with Gasteiger partial charge in [-0.05, 0) is 19.9 Å².